The van der Waals surface area contributed by atoms with Crippen LogP contribution >= 0.6 is 23.1 Å². The zero-order chi connectivity index (χ0) is 24.9. The largest absolute Gasteiger partial charge is 0.477 e. The van der Waals surface area contributed by atoms with Gasteiger partial charge in [-0.1, -0.05) is 5.16 Å². The molecule has 5 N–H and O–H groups in total. The molecule has 184 valence electrons. The number of hydrogen-bond acceptors (Lipinski definition) is 10. The van der Waals surface area contributed by atoms with Crippen molar-refractivity contribution < 1.29 is 29.5 Å². The highest BCUT2D eigenvalue weighted by Gasteiger charge is 2.54. The molecule has 4 heterocycles. The Hall–Kier alpha value is -3.39. The lowest BCUT2D eigenvalue weighted by molar-refractivity contribution is -0.150. The van der Waals surface area contributed by atoms with E-state index in [-0.39, 0.29) is 28.2 Å². The van der Waals surface area contributed by atoms with Crippen molar-refractivity contribution >= 4 is 57.6 Å². The third-order valence-electron chi connectivity index (χ3n) is 6.30. The van der Waals surface area contributed by atoms with Gasteiger partial charge in [0, 0.05) is 29.8 Å². The highest BCUT2D eigenvalue weighted by atomic mass is 32.2. The Kier molecular flexibility index (Phi) is 6.01. The molecule has 12 nitrogen and oxygen atoms in total. The summed E-state index contributed by atoms with van der Waals surface area (Å²) >= 11 is 2.34. The van der Waals surface area contributed by atoms with Crippen LogP contribution in [0, 0.1) is 5.92 Å². The number of amides is 3. The number of carboxylic acids is 1. The lowest BCUT2D eigenvalue weighted by Gasteiger charge is -2.49. The van der Waals surface area contributed by atoms with Crippen LogP contribution in [0.3, 0.4) is 0 Å². The molecule has 3 fully saturated rings. The van der Waals surface area contributed by atoms with Crippen LogP contribution in [-0.2, 0) is 19.2 Å². The Bertz CT molecular complexity index is 1220. The Morgan fingerprint density at radius 1 is 1.34 bits per heavy atom. The second-order valence-corrected chi connectivity index (χ2v) is 10.7. The molecule has 5 rings (SSSR count). The number of carbonyl (C=O) groups excluding carboxylic acids is 3. The first-order chi connectivity index (χ1) is 16.8. The first-order valence-electron chi connectivity index (χ1n) is 10.9. The highest BCUT2D eigenvalue weighted by molar-refractivity contribution is 8.00. The van der Waals surface area contributed by atoms with E-state index in [9.17, 15) is 29.5 Å². The summed E-state index contributed by atoms with van der Waals surface area (Å²) < 4.78 is 0. The molecule has 1 aliphatic carbocycles. The fourth-order valence-electron chi connectivity index (χ4n) is 4.37. The number of aliphatic carboxylic acids is 1. The van der Waals surface area contributed by atoms with Gasteiger partial charge in [-0.15, -0.1) is 23.1 Å². The zero-order valence-electron chi connectivity index (χ0n) is 18.3. The Morgan fingerprint density at radius 3 is 2.74 bits per heavy atom. The van der Waals surface area contributed by atoms with Gasteiger partial charge in [-0.2, -0.15) is 0 Å². The SMILES string of the molecule is Nc1nc(C(=NO)C(=O)N[C@@H]2C(=O)N3C(C(=O)O)=C(C=C4CCN(CC5CC5)C4=O)CS[C@H]23)cs1. The summed E-state index contributed by atoms with van der Waals surface area (Å²) in [5.41, 5.74) is 5.97. The lowest BCUT2D eigenvalue weighted by atomic mass is 10.0. The van der Waals surface area contributed by atoms with Gasteiger partial charge in [0.05, 0.1) is 0 Å². The summed E-state index contributed by atoms with van der Waals surface area (Å²) in [5, 5.41) is 25.6. The van der Waals surface area contributed by atoms with Crippen molar-refractivity contribution in [2.24, 2.45) is 11.1 Å². The molecule has 0 spiro atoms. The van der Waals surface area contributed by atoms with E-state index in [4.69, 9.17) is 5.73 Å². The number of β-lactam (4-membered cyclic amide) rings is 1. The minimum atomic E-state index is -1.28. The number of allylic oxidation sites excluding steroid dienone is 1. The molecule has 0 aromatic carbocycles. The molecule has 35 heavy (non-hydrogen) atoms. The molecule has 0 unspecified atom stereocenters. The van der Waals surface area contributed by atoms with Crippen LogP contribution in [0.15, 0.2) is 33.5 Å². The second-order valence-electron chi connectivity index (χ2n) is 8.67. The number of likely N-dealkylation sites (tertiary alicyclic amines) is 1. The van der Waals surface area contributed by atoms with Crippen molar-refractivity contribution in [1.29, 1.82) is 0 Å². The Labute approximate surface area is 207 Å². The summed E-state index contributed by atoms with van der Waals surface area (Å²) in [6.07, 6.45) is 4.40. The number of fused-ring (bicyclic) bond motifs is 1. The van der Waals surface area contributed by atoms with Gasteiger partial charge in [-0.3, -0.25) is 19.3 Å². The standard InChI is InChI=1S/C21H22N6O6S2/c22-21-23-12(8-35-21)13(25-33)16(28)24-14-18(30)27-15(20(31)32)11(7-34-19(14)27)5-10-3-4-26(17(10)29)6-9-1-2-9/h5,8-9,14,19,33H,1-4,6-7H2,(H2,22,23)(H,24,28)(H,31,32)/t14-,19-/m1/s1. The number of rotatable bonds is 7. The minimum absolute atomic E-state index is 0.0596. The van der Waals surface area contributed by atoms with Crippen LogP contribution in [0.1, 0.15) is 25.0 Å². The lowest BCUT2D eigenvalue weighted by Crippen LogP contribution is -2.71. The first kappa shape index (κ1) is 23.4. The van der Waals surface area contributed by atoms with Crippen molar-refractivity contribution in [2.45, 2.75) is 30.7 Å². The molecule has 2 atom stereocenters. The summed E-state index contributed by atoms with van der Waals surface area (Å²) in [4.78, 5) is 57.2. The second kappa shape index (κ2) is 9.00. The predicted octanol–water partition coefficient (Wildman–Crippen LogP) is 0.211. The van der Waals surface area contributed by atoms with Gasteiger partial charge in [0.2, 0.25) is 5.91 Å². The number of nitrogens with zero attached hydrogens (tertiary/aromatic N) is 4. The topological polar surface area (TPSA) is 179 Å². The van der Waals surface area contributed by atoms with Crippen LogP contribution in [0.4, 0.5) is 5.13 Å². The third-order valence-corrected chi connectivity index (χ3v) is 8.28. The molecule has 14 heteroatoms. The van der Waals surface area contributed by atoms with Gasteiger partial charge < -0.3 is 26.3 Å². The number of anilines is 1. The molecule has 4 aliphatic rings. The van der Waals surface area contributed by atoms with E-state index < -0.39 is 34.9 Å². The van der Waals surface area contributed by atoms with E-state index in [1.165, 1.54) is 17.1 Å². The van der Waals surface area contributed by atoms with Crippen molar-refractivity contribution in [2.75, 3.05) is 24.6 Å². The summed E-state index contributed by atoms with van der Waals surface area (Å²) in [5.74, 6) is -1.99. The quantitative estimate of drug-likeness (QED) is 0.129. The van der Waals surface area contributed by atoms with Gasteiger partial charge >= 0.3 is 5.97 Å². The van der Waals surface area contributed by atoms with Crippen LogP contribution in [-0.4, -0.2) is 84.8 Å². The average molecular weight is 519 g/mol. The van der Waals surface area contributed by atoms with Gasteiger partial charge in [0.25, 0.3) is 11.8 Å². The number of thiazole rings is 1. The van der Waals surface area contributed by atoms with E-state index in [1.54, 1.807) is 11.0 Å². The van der Waals surface area contributed by atoms with Gasteiger partial charge in [-0.05, 0) is 36.8 Å². The number of carbonyl (C=O) groups is 4. The first-order valence-corrected chi connectivity index (χ1v) is 12.9. The van der Waals surface area contributed by atoms with Gasteiger partial charge in [0.1, 0.15) is 22.8 Å². The smallest absolute Gasteiger partial charge is 0.352 e. The third kappa shape index (κ3) is 4.27. The van der Waals surface area contributed by atoms with E-state index in [1.807, 2.05) is 0 Å². The van der Waals surface area contributed by atoms with E-state index in [2.05, 4.69) is 15.5 Å². The summed E-state index contributed by atoms with van der Waals surface area (Å²) in [7, 11) is 0. The number of thioether (sulfide) groups is 1. The molecule has 3 amide bonds. The molecular weight excluding hydrogens is 496 g/mol. The predicted molar refractivity (Wildman–Crippen MR) is 127 cm³/mol. The number of nitrogens with two attached hydrogens (primary N) is 1. The highest BCUT2D eigenvalue weighted by Crippen LogP contribution is 2.41. The van der Waals surface area contributed by atoms with Crippen molar-refractivity contribution in [3.63, 3.8) is 0 Å². The van der Waals surface area contributed by atoms with Crippen molar-refractivity contribution in [3.05, 3.63) is 34.0 Å². The number of aromatic nitrogens is 1. The monoisotopic (exact) mass is 518 g/mol. The molecule has 3 aliphatic heterocycles. The fourth-order valence-corrected chi connectivity index (χ4v) is 6.22. The van der Waals surface area contributed by atoms with Gasteiger partial charge in [-0.25, -0.2) is 9.78 Å². The summed E-state index contributed by atoms with van der Waals surface area (Å²) in [6, 6.07) is -1.01. The summed E-state index contributed by atoms with van der Waals surface area (Å²) in [6.45, 7) is 1.35. The zero-order valence-corrected chi connectivity index (χ0v) is 20.0. The number of hydrogen-bond donors (Lipinski definition) is 4. The maximum absolute atomic E-state index is 12.9. The molecule has 2 saturated heterocycles. The Morgan fingerprint density at radius 2 is 2.11 bits per heavy atom. The van der Waals surface area contributed by atoms with Crippen molar-refractivity contribution in [1.82, 2.24) is 20.1 Å². The number of nitrogens with one attached hydrogen (secondary N) is 1. The molecule has 0 radical (unpaired) electrons. The number of carboxylic acid groups (broad SMARTS) is 1. The molecule has 0 bridgehead atoms. The molecule has 1 aromatic heterocycles. The number of oxime groups is 1. The maximum atomic E-state index is 12.9. The fraction of sp³-hybridized carbons (Fsp3) is 0.429. The van der Waals surface area contributed by atoms with Crippen LogP contribution in [0.5, 0.6) is 0 Å². The van der Waals surface area contributed by atoms with E-state index in [0.29, 0.717) is 30.0 Å². The normalized spacial score (nSPS) is 25.7. The van der Waals surface area contributed by atoms with Crippen LogP contribution in [0.2, 0.25) is 0 Å². The van der Waals surface area contributed by atoms with E-state index in [0.717, 1.165) is 35.6 Å². The maximum Gasteiger partial charge on any atom is 0.352 e. The minimum Gasteiger partial charge on any atom is -0.477 e. The van der Waals surface area contributed by atoms with Gasteiger partial charge in [0.15, 0.2) is 10.8 Å². The molecular formula is C21H22N6O6S2. The van der Waals surface area contributed by atoms with E-state index >= 15 is 0 Å². The van der Waals surface area contributed by atoms with Crippen LogP contribution < -0.4 is 11.1 Å². The number of nitrogen functional groups attached to an aromatic ring is 1. The average Bonchev–Trinajstić information content (AvgIpc) is 3.46. The van der Waals surface area contributed by atoms with Crippen LogP contribution in [0.25, 0.3) is 0 Å². The molecule has 1 aromatic rings. The molecule has 1 saturated carbocycles. The Balaban J connectivity index is 1.32. The van der Waals surface area contributed by atoms with Crippen molar-refractivity contribution in [3.8, 4) is 0 Å².